The van der Waals surface area contributed by atoms with Crippen LogP contribution in [0.2, 0.25) is 0 Å². The Bertz CT molecular complexity index is 349. The van der Waals surface area contributed by atoms with Crippen LogP contribution in [0.3, 0.4) is 0 Å². The quantitative estimate of drug-likeness (QED) is 0.778. The first-order valence-electron chi connectivity index (χ1n) is 4.21. The Balaban J connectivity index is 2.87. The van der Waals surface area contributed by atoms with Gasteiger partial charge in [0.25, 0.3) is 0 Å². The lowest BCUT2D eigenvalue weighted by molar-refractivity contribution is -0.141. The van der Waals surface area contributed by atoms with E-state index in [0.717, 1.165) is 6.07 Å². The summed E-state index contributed by atoms with van der Waals surface area (Å²) < 4.78 is 12.8. The zero-order valence-corrected chi connectivity index (χ0v) is 7.70. The molecule has 0 amide bonds. The number of aromatic hydroxyl groups is 1. The van der Waals surface area contributed by atoms with E-state index in [0.29, 0.717) is 5.56 Å². The number of aliphatic carboxylic acids is 1. The molecule has 1 aromatic carbocycles. The molecule has 14 heavy (non-hydrogen) atoms. The normalized spacial score (nSPS) is 12.4. The summed E-state index contributed by atoms with van der Waals surface area (Å²) in [4.78, 5) is 10.5. The summed E-state index contributed by atoms with van der Waals surface area (Å²) in [7, 11) is 0. The van der Waals surface area contributed by atoms with Crippen molar-refractivity contribution in [2.45, 2.75) is 13.3 Å². The molecule has 0 spiro atoms. The van der Waals surface area contributed by atoms with Gasteiger partial charge in [0.15, 0.2) is 11.6 Å². The summed E-state index contributed by atoms with van der Waals surface area (Å²) >= 11 is 0. The lowest BCUT2D eigenvalue weighted by atomic mass is 10.0. The molecular weight excluding hydrogens is 187 g/mol. The fourth-order valence-electron chi connectivity index (χ4n) is 1.14. The van der Waals surface area contributed by atoms with Crippen LogP contribution in [-0.4, -0.2) is 16.2 Å². The van der Waals surface area contributed by atoms with Gasteiger partial charge >= 0.3 is 5.97 Å². The number of hydrogen-bond acceptors (Lipinski definition) is 2. The van der Waals surface area contributed by atoms with Gasteiger partial charge in [-0.25, -0.2) is 4.39 Å². The summed E-state index contributed by atoms with van der Waals surface area (Å²) in [6, 6.07) is 4.08. The third kappa shape index (κ3) is 2.22. The Kier molecular flexibility index (Phi) is 3.06. The second-order valence-electron chi connectivity index (χ2n) is 3.19. The van der Waals surface area contributed by atoms with Gasteiger partial charge in [0.2, 0.25) is 0 Å². The third-order valence-electron chi connectivity index (χ3n) is 2.02. The summed E-state index contributed by atoms with van der Waals surface area (Å²) in [6.07, 6.45) is 0.124. The number of rotatable bonds is 3. The zero-order chi connectivity index (χ0) is 10.7. The van der Waals surface area contributed by atoms with Gasteiger partial charge in [-0.3, -0.25) is 4.79 Å². The second-order valence-corrected chi connectivity index (χ2v) is 3.19. The van der Waals surface area contributed by atoms with E-state index in [1.54, 1.807) is 0 Å². The largest absolute Gasteiger partial charge is 0.505 e. The van der Waals surface area contributed by atoms with Gasteiger partial charge in [0, 0.05) is 0 Å². The molecule has 0 aliphatic heterocycles. The van der Waals surface area contributed by atoms with Gasteiger partial charge in [-0.1, -0.05) is 19.1 Å². The van der Waals surface area contributed by atoms with Crippen LogP contribution in [-0.2, 0) is 11.2 Å². The standard InChI is InChI=1S/C10H11FO3/c1-6(10(13)14)5-7-3-2-4-8(11)9(7)12/h2-4,6,12H,5H2,1H3,(H,13,14). The van der Waals surface area contributed by atoms with E-state index in [4.69, 9.17) is 5.11 Å². The predicted octanol–water partition coefficient (Wildman–Crippen LogP) is 1.79. The van der Waals surface area contributed by atoms with E-state index in [9.17, 15) is 14.3 Å². The molecule has 0 saturated heterocycles. The first-order valence-corrected chi connectivity index (χ1v) is 4.21. The molecule has 0 bridgehead atoms. The maximum Gasteiger partial charge on any atom is 0.306 e. The number of hydrogen-bond donors (Lipinski definition) is 2. The van der Waals surface area contributed by atoms with E-state index in [-0.39, 0.29) is 6.42 Å². The van der Waals surface area contributed by atoms with Gasteiger partial charge in [-0.15, -0.1) is 0 Å². The first kappa shape index (κ1) is 10.5. The van der Waals surface area contributed by atoms with Crippen molar-refractivity contribution in [1.29, 1.82) is 0 Å². The molecule has 2 N–H and O–H groups in total. The van der Waals surface area contributed by atoms with Crippen molar-refractivity contribution in [3.05, 3.63) is 29.6 Å². The Labute approximate surface area is 80.8 Å². The first-order chi connectivity index (χ1) is 6.52. The van der Waals surface area contributed by atoms with Crippen LogP contribution >= 0.6 is 0 Å². The monoisotopic (exact) mass is 198 g/mol. The highest BCUT2D eigenvalue weighted by atomic mass is 19.1. The molecule has 3 nitrogen and oxygen atoms in total. The van der Waals surface area contributed by atoms with Crippen molar-refractivity contribution in [3.63, 3.8) is 0 Å². The molecule has 0 aromatic heterocycles. The summed E-state index contributed by atoms with van der Waals surface area (Å²) in [5.74, 6) is -2.78. The van der Waals surface area contributed by atoms with Crippen LogP contribution in [0.5, 0.6) is 5.75 Å². The lowest BCUT2D eigenvalue weighted by Crippen LogP contribution is -2.12. The lowest BCUT2D eigenvalue weighted by Gasteiger charge is -2.08. The summed E-state index contributed by atoms with van der Waals surface area (Å²) in [5, 5.41) is 17.9. The average Bonchev–Trinajstić information content (AvgIpc) is 2.12. The molecular formula is C10H11FO3. The third-order valence-corrected chi connectivity index (χ3v) is 2.02. The number of carboxylic acids is 1. The van der Waals surface area contributed by atoms with Crippen molar-refractivity contribution in [1.82, 2.24) is 0 Å². The second kappa shape index (κ2) is 4.09. The van der Waals surface area contributed by atoms with Crippen LogP contribution in [0, 0.1) is 11.7 Å². The van der Waals surface area contributed by atoms with E-state index in [1.165, 1.54) is 19.1 Å². The molecule has 1 atom stereocenters. The minimum Gasteiger partial charge on any atom is -0.505 e. The zero-order valence-electron chi connectivity index (χ0n) is 7.70. The maximum absolute atomic E-state index is 12.8. The molecule has 4 heteroatoms. The molecule has 0 aliphatic carbocycles. The Morgan fingerprint density at radius 3 is 2.79 bits per heavy atom. The van der Waals surface area contributed by atoms with Gasteiger partial charge < -0.3 is 10.2 Å². The average molecular weight is 198 g/mol. The number of halogens is 1. The predicted molar refractivity (Wildman–Crippen MR) is 48.6 cm³/mol. The topological polar surface area (TPSA) is 57.5 Å². The van der Waals surface area contributed by atoms with E-state index >= 15 is 0 Å². The van der Waals surface area contributed by atoms with E-state index in [2.05, 4.69) is 0 Å². The van der Waals surface area contributed by atoms with Crippen molar-refractivity contribution >= 4 is 5.97 Å². The number of benzene rings is 1. The number of phenols is 1. The molecule has 0 saturated carbocycles. The molecule has 0 heterocycles. The van der Waals surface area contributed by atoms with Crippen LogP contribution in [0.15, 0.2) is 18.2 Å². The van der Waals surface area contributed by atoms with Gasteiger partial charge in [-0.2, -0.15) is 0 Å². The Hall–Kier alpha value is -1.58. The van der Waals surface area contributed by atoms with Crippen LogP contribution in [0.4, 0.5) is 4.39 Å². The Morgan fingerprint density at radius 2 is 2.21 bits per heavy atom. The fraction of sp³-hybridized carbons (Fsp3) is 0.300. The van der Waals surface area contributed by atoms with Crippen LogP contribution in [0.1, 0.15) is 12.5 Å². The molecule has 0 fully saturated rings. The molecule has 0 aliphatic rings. The molecule has 1 rings (SSSR count). The highest BCUT2D eigenvalue weighted by Crippen LogP contribution is 2.23. The van der Waals surface area contributed by atoms with Crippen molar-refractivity contribution in [2.75, 3.05) is 0 Å². The van der Waals surface area contributed by atoms with Crippen molar-refractivity contribution in [2.24, 2.45) is 5.92 Å². The van der Waals surface area contributed by atoms with Crippen molar-refractivity contribution < 1.29 is 19.4 Å². The van der Waals surface area contributed by atoms with E-state index in [1.807, 2.05) is 0 Å². The fourth-order valence-corrected chi connectivity index (χ4v) is 1.14. The highest BCUT2D eigenvalue weighted by Gasteiger charge is 2.15. The molecule has 0 radical (unpaired) electrons. The highest BCUT2D eigenvalue weighted by molar-refractivity contribution is 5.70. The molecule has 1 aromatic rings. The minimum absolute atomic E-state index is 0.124. The number of carboxylic acid groups (broad SMARTS) is 1. The number of carbonyl (C=O) groups is 1. The van der Waals surface area contributed by atoms with Gasteiger partial charge in [-0.05, 0) is 18.1 Å². The number of phenolic OH excluding ortho intramolecular Hbond substituents is 1. The maximum atomic E-state index is 12.8. The van der Waals surface area contributed by atoms with Crippen molar-refractivity contribution in [3.8, 4) is 5.75 Å². The SMILES string of the molecule is CC(Cc1cccc(F)c1O)C(=O)O. The van der Waals surface area contributed by atoms with Gasteiger partial charge in [0.1, 0.15) is 0 Å². The van der Waals surface area contributed by atoms with E-state index < -0.39 is 23.5 Å². The number of para-hydroxylation sites is 1. The molecule has 1 unspecified atom stereocenters. The van der Waals surface area contributed by atoms with Gasteiger partial charge in [0.05, 0.1) is 5.92 Å². The molecule has 76 valence electrons. The van der Waals surface area contributed by atoms with Crippen LogP contribution < -0.4 is 0 Å². The summed E-state index contributed by atoms with van der Waals surface area (Å²) in [5.41, 5.74) is 0.319. The van der Waals surface area contributed by atoms with Crippen LogP contribution in [0.25, 0.3) is 0 Å². The Morgan fingerprint density at radius 1 is 1.57 bits per heavy atom. The smallest absolute Gasteiger partial charge is 0.306 e. The summed E-state index contributed by atoms with van der Waals surface area (Å²) in [6.45, 7) is 1.51. The minimum atomic E-state index is -0.964.